The fourth-order valence-corrected chi connectivity index (χ4v) is 3.61. The molecule has 0 saturated carbocycles. The van der Waals surface area contributed by atoms with Crippen molar-refractivity contribution >= 4 is 21.8 Å². The molecule has 0 bridgehead atoms. The largest absolute Gasteiger partial charge is 0.507 e. The van der Waals surface area contributed by atoms with Gasteiger partial charge in [-0.25, -0.2) is 12.7 Å². The average Bonchev–Trinajstić information content (AvgIpc) is 2.46. The number of para-hydroxylation sites is 1. The van der Waals surface area contributed by atoms with Crippen LogP contribution in [-0.2, 0) is 15.8 Å². The Bertz CT molecular complexity index is 727. The van der Waals surface area contributed by atoms with Crippen LogP contribution in [0.2, 0.25) is 0 Å². The highest BCUT2D eigenvalue weighted by molar-refractivity contribution is 7.98. The van der Waals surface area contributed by atoms with Gasteiger partial charge in [-0.2, -0.15) is 0 Å². The molecule has 0 amide bonds. The molecule has 0 aliphatic carbocycles. The Morgan fingerprint density at radius 1 is 1.10 bits per heavy atom. The molecule has 0 spiro atoms. The standard InChI is InChI=1S/C15H17NO3S2/c1-16(2)21(18,19)13-7-5-6-12(10-13)11-20-15-9-4-3-8-14(15)17/h3-10,17H,11H2,1-2H3. The average molecular weight is 323 g/mol. The molecule has 1 N–H and O–H groups in total. The van der Waals surface area contributed by atoms with Crippen molar-refractivity contribution in [2.45, 2.75) is 15.5 Å². The molecule has 6 heteroatoms. The number of aromatic hydroxyl groups is 1. The smallest absolute Gasteiger partial charge is 0.242 e. The van der Waals surface area contributed by atoms with Gasteiger partial charge in [0, 0.05) is 24.7 Å². The van der Waals surface area contributed by atoms with Crippen LogP contribution in [0, 0.1) is 0 Å². The Labute approximate surface area is 129 Å². The number of thioether (sulfide) groups is 1. The molecule has 0 atom stereocenters. The van der Waals surface area contributed by atoms with Crippen LogP contribution in [0.3, 0.4) is 0 Å². The predicted molar refractivity (Wildman–Crippen MR) is 85.0 cm³/mol. The molecule has 0 radical (unpaired) electrons. The second-order valence-corrected chi connectivity index (χ2v) is 7.86. The van der Waals surface area contributed by atoms with Crippen molar-refractivity contribution in [2.75, 3.05) is 14.1 Å². The van der Waals surface area contributed by atoms with Crippen molar-refractivity contribution in [3.8, 4) is 5.75 Å². The van der Waals surface area contributed by atoms with Crippen molar-refractivity contribution in [1.29, 1.82) is 0 Å². The van der Waals surface area contributed by atoms with Gasteiger partial charge in [-0.1, -0.05) is 24.3 Å². The maximum atomic E-state index is 12.1. The number of hydrogen-bond donors (Lipinski definition) is 1. The molecule has 0 aliphatic rings. The van der Waals surface area contributed by atoms with Crippen molar-refractivity contribution in [3.05, 3.63) is 54.1 Å². The minimum Gasteiger partial charge on any atom is -0.507 e. The fourth-order valence-electron chi connectivity index (χ4n) is 1.75. The Morgan fingerprint density at radius 2 is 1.81 bits per heavy atom. The zero-order valence-corrected chi connectivity index (χ0v) is 13.5. The summed E-state index contributed by atoms with van der Waals surface area (Å²) in [4.78, 5) is 1.06. The van der Waals surface area contributed by atoms with E-state index in [1.165, 1.54) is 30.2 Å². The molecule has 0 aromatic heterocycles. The van der Waals surface area contributed by atoms with Crippen LogP contribution in [0.15, 0.2) is 58.3 Å². The van der Waals surface area contributed by atoms with Crippen molar-refractivity contribution < 1.29 is 13.5 Å². The normalized spacial score (nSPS) is 11.8. The number of phenols is 1. The van der Waals surface area contributed by atoms with E-state index < -0.39 is 10.0 Å². The van der Waals surface area contributed by atoms with Gasteiger partial charge >= 0.3 is 0 Å². The third-order valence-electron chi connectivity index (χ3n) is 2.94. The van der Waals surface area contributed by atoms with Crippen LogP contribution in [0.4, 0.5) is 0 Å². The van der Waals surface area contributed by atoms with Crippen LogP contribution in [0.25, 0.3) is 0 Å². The van der Waals surface area contributed by atoms with E-state index in [9.17, 15) is 13.5 Å². The highest BCUT2D eigenvalue weighted by Crippen LogP contribution is 2.30. The van der Waals surface area contributed by atoms with Crippen molar-refractivity contribution in [2.24, 2.45) is 0 Å². The van der Waals surface area contributed by atoms with Gasteiger partial charge in [0.25, 0.3) is 0 Å². The number of hydrogen-bond acceptors (Lipinski definition) is 4. The SMILES string of the molecule is CN(C)S(=O)(=O)c1cccc(CSc2ccccc2O)c1. The van der Waals surface area contributed by atoms with Crippen LogP contribution < -0.4 is 0 Å². The molecule has 4 nitrogen and oxygen atoms in total. The van der Waals surface area contributed by atoms with Crippen LogP contribution in [-0.4, -0.2) is 31.9 Å². The van der Waals surface area contributed by atoms with Gasteiger partial charge in [-0.3, -0.25) is 0 Å². The van der Waals surface area contributed by atoms with Crippen LogP contribution >= 0.6 is 11.8 Å². The van der Waals surface area contributed by atoms with Gasteiger partial charge in [0.1, 0.15) is 5.75 Å². The maximum absolute atomic E-state index is 12.1. The molecule has 0 fully saturated rings. The van der Waals surface area contributed by atoms with Gasteiger partial charge in [0.15, 0.2) is 0 Å². The quantitative estimate of drug-likeness (QED) is 0.860. The number of nitrogens with zero attached hydrogens (tertiary/aromatic N) is 1. The molecule has 21 heavy (non-hydrogen) atoms. The second-order valence-electron chi connectivity index (χ2n) is 4.69. The van der Waals surface area contributed by atoms with E-state index in [-0.39, 0.29) is 10.6 Å². The molecule has 2 aromatic rings. The lowest BCUT2D eigenvalue weighted by molar-refractivity contribution is 0.462. The van der Waals surface area contributed by atoms with Crippen LogP contribution in [0.1, 0.15) is 5.56 Å². The fraction of sp³-hybridized carbons (Fsp3) is 0.200. The highest BCUT2D eigenvalue weighted by atomic mass is 32.2. The van der Waals surface area contributed by atoms with Gasteiger partial charge < -0.3 is 5.11 Å². The Balaban J connectivity index is 2.18. The number of rotatable bonds is 5. The lowest BCUT2D eigenvalue weighted by atomic mass is 10.2. The molecule has 0 heterocycles. The summed E-state index contributed by atoms with van der Waals surface area (Å²) in [5, 5.41) is 9.72. The highest BCUT2D eigenvalue weighted by Gasteiger charge is 2.17. The second kappa shape index (κ2) is 6.51. The summed E-state index contributed by atoms with van der Waals surface area (Å²) >= 11 is 1.47. The third-order valence-corrected chi connectivity index (χ3v) is 5.88. The van der Waals surface area contributed by atoms with Gasteiger partial charge in [-0.05, 0) is 29.8 Å². The van der Waals surface area contributed by atoms with Gasteiger partial charge in [-0.15, -0.1) is 11.8 Å². The topological polar surface area (TPSA) is 57.6 Å². The summed E-state index contributed by atoms with van der Waals surface area (Å²) in [5.74, 6) is 0.827. The summed E-state index contributed by atoms with van der Waals surface area (Å²) in [5.41, 5.74) is 0.895. The van der Waals surface area contributed by atoms with E-state index in [0.717, 1.165) is 10.5 Å². The first-order valence-corrected chi connectivity index (χ1v) is 8.76. The van der Waals surface area contributed by atoms with Gasteiger partial charge in [0.05, 0.1) is 4.90 Å². The molecule has 0 saturated heterocycles. The van der Waals surface area contributed by atoms with E-state index in [2.05, 4.69) is 0 Å². The van der Waals surface area contributed by atoms with E-state index in [0.29, 0.717) is 5.75 Å². The molecule has 0 aliphatic heterocycles. The van der Waals surface area contributed by atoms with Crippen molar-refractivity contribution in [3.63, 3.8) is 0 Å². The summed E-state index contributed by atoms with van der Waals surface area (Å²) in [7, 11) is -0.390. The molecule has 2 rings (SSSR count). The molecule has 0 unspecified atom stereocenters. The molecular formula is C15H17NO3S2. The summed E-state index contributed by atoms with van der Waals surface area (Å²) in [6.07, 6.45) is 0. The van der Waals surface area contributed by atoms with Crippen LogP contribution in [0.5, 0.6) is 5.75 Å². The Hall–Kier alpha value is -1.50. The zero-order chi connectivity index (χ0) is 15.5. The van der Waals surface area contributed by atoms with Gasteiger partial charge in [0.2, 0.25) is 10.0 Å². The van der Waals surface area contributed by atoms with E-state index in [1.54, 1.807) is 30.3 Å². The first kappa shape index (κ1) is 15.9. The van der Waals surface area contributed by atoms with E-state index in [4.69, 9.17) is 0 Å². The minimum absolute atomic E-state index is 0.236. The zero-order valence-electron chi connectivity index (χ0n) is 11.9. The molecular weight excluding hydrogens is 306 g/mol. The molecule has 112 valence electrons. The Kier molecular flexibility index (Phi) is 4.92. The number of benzene rings is 2. The Morgan fingerprint density at radius 3 is 2.48 bits per heavy atom. The predicted octanol–water partition coefficient (Wildman–Crippen LogP) is 2.93. The lowest BCUT2D eigenvalue weighted by Gasteiger charge is -2.12. The van der Waals surface area contributed by atoms with E-state index in [1.807, 2.05) is 18.2 Å². The minimum atomic E-state index is -3.42. The summed E-state index contributed by atoms with van der Waals surface area (Å²) in [6, 6.07) is 14.0. The maximum Gasteiger partial charge on any atom is 0.242 e. The first-order valence-electron chi connectivity index (χ1n) is 6.33. The third kappa shape index (κ3) is 3.78. The number of sulfonamides is 1. The molecule has 2 aromatic carbocycles. The van der Waals surface area contributed by atoms with Crippen molar-refractivity contribution in [1.82, 2.24) is 4.31 Å². The lowest BCUT2D eigenvalue weighted by Crippen LogP contribution is -2.22. The monoisotopic (exact) mass is 323 g/mol. The summed E-state index contributed by atoms with van der Waals surface area (Å²) < 4.78 is 25.4. The first-order chi connectivity index (χ1) is 9.91. The number of phenolic OH excluding ortho intramolecular Hbond substituents is 1. The summed E-state index contributed by atoms with van der Waals surface area (Å²) in [6.45, 7) is 0. The van der Waals surface area contributed by atoms with E-state index >= 15 is 0 Å².